The average Bonchev–Trinajstić information content (AvgIpc) is 3.30. The Kier molecular flexibility index (Phi) is 5.15. The topological polar surface area (TPSA) is 113 Å². The Morgan fingerprint density at radius 1 is 1.27 bits per heavy atom. The lowest BCUT2D eigenvalue weighted by Crippen LogP contribution is -2.41. The van der Waals surface area contributed by atoms with Crippen molar-refractivity contribution in [2.24, 2.45) is 0 Å². The van der Waals surface area contributed by atoms with E-state index in [0.717, 1.165) is 54.4 Å². The summed E-state index contributed by atoms with van der Waals surface area (Å²) in [6.45, 7) is 7.96. The van der Waals surface area contributed by atoms with Gasteiger partial charge in [-0.1, -0.05) is 17.8 Å². The maximum atomic E-state index is 12.4. The highest BCUT2D eigenvalue weighted by Crippen LogP contribution is 2.44. The molecule has 4 heterocycles. The lowest BCUT2D eigenvalue weighted by molar-refractivity contribution is -0.115. The Hall–Kier alpha value is -3.01. The van der Waals surface area contributed by atoms with Gasteiger partial charge in [0.15, 0.2) is 5.82 Å². The molecule has 174 valence electrons. The third-order valence-corrected chi connectivity index (χ3v) is 7.37. The van der Waals surface area contributed by atoms with Crippen LogP contribution in [0.4, 0.5) is 22.1 Å². The normalized spacial score (nSPS) is 18.8. The standard InChI is InChI=1S/C23H28N6O3S/c1-22(2,3)32-21(31)29-13-23(29)7-9-28(10-8-23)17-12-25-20(19(24)27-17)33-16-6-4-5-15-14(16)11-18(30)26-15/h4-6,12H,7-11,13H2,1-3H3,(H2,24,27)(H,26,30). The third kappa shape index (κ3) is 4.31. The van der Waals surface area contributed by atoms with Gasteiger partial charge in [0.05, 0.1) is 18.2 Å². The number of nitrogens with one attached hydrogen (secondary N) is 1. The SMILES string of the molecule is CC(C)(C)OC(=O)N1CC12CCN(c1cnc(Sc3cccc4c3CC(=O)N4)c(N)n1)CC2. The predicted molar refractivity (Wildman–Crippen MR) is 126 cm³/mol. The fraction of sp³-hybridized carbons (Fsp3) is 0.478. The molecule has 0 atom stereocenters. The maximum absolute atomic E-state index is 12.4. The second-order valence-electron chi connectivity index (χ2n) is 9.81. The first-order chi connectivity index (χ1) is 15.6. The summed E-state index contributed by atoms with van der Waals surface area (Å²) in [5, 5.41) is 3.49. The largest absolute Gasteiger partial charge is 0.444 e. The Bertz CT molecular complexity index is 1120. The summed E-state index contributed by atoms with van der Waals surface area (Å²) in [7, 11) is 0. The van der Waals surface area contributed by atoms with Crippen molar-refractivity contribution in [1.82, 2.24) is 14.9 Å². The second kappa shape index (κ2) is 7.79. The zero-order valence-corrected chi connectivity index (χ0v) is 19.9. The van der Waals surface area contributed by atoms with Crippen LogP contribution in [0, 0.1) is 0 Å². The second-order valence-corrected chi connectivity index (χ2v) is 10.8. The molecule has 0 unspecified atom stereocenters. The van der Waals surface area contributed by atoms with E-state index in [4.69, 9.17) is 10.5 Å². The number of benzene rings is 1. The van der Waals surface area contributed by atoms with E-state index in [9.17, 15) is 9.59 Å². The highest BCUT2D eigenvalue weighted by molar-refractivity contribution is 7.99. The van der Waals surface area contributed by atoms with Gasteiger partial charge < -0.3 is 20.7 Å². The number of nitrogens with zero attached hydrogens (tertiary/aromatic N) is 4. The summed E-state index contributed by atoms with van der Waals surface area (Å²) >= 11 is 1.43. The fourth-order valence-corrected chi connectivity index (χ4v) is 5.36. The number of piperidine rings is 1. The fourth-order valence-electron chi connectivity index (χ4n) is 4.45. The van der Waals surface area contributed by atoms with Crippen LogP contribution in [0.2, 0.25) is 0 Å². The van der Waals surface area contributed by atoms with Crippen LogP contribution < -0.4 is 16.0 Å². The third-order valence-electron chi connectivity index (χ3n) is 6.26. The van der Waals surface area contributed by atoms with Crippen LogP contribution in [0.25, 0.3) is 0 Å². The minimum atomic E-state index is -0.486. The molecule has 2 amide bonds. The van der Waals surface area contributed by atoms with E-state index in [1.54, 1.807) is 6.20 Å². The molecular weight excluding hydrogens is 440 g/mol. The van der Waals surface area contributed by atoms with Crippen molar-refractivity contribution in [3.05, 3.63) is 30.0 Å². The summed E-state index contributed by atoms with van der Waals surface area (Å²) in [4.78, 5) is 38.3. The number of carbonyl (C=O) groups is 2. The summed E-state index contributed by atoms with van der Waals surface area (Å²) in [5.74, 6) is 1.11. The Labute approximate surface area is 197 Å². The molecule has 0 radical (unpaired) electrons. The highest BCUT2D eigenvalue weighted by Gasteiger charge is 2.57. The van der Waals surface area contributed by atoms with Crippen molar-refractivity contribution in [2.75, 3.05) is 35.6 Å². The van der Waals surface area contributed by atoms with Crippen LogP contribution in [0.3, 0.4) is 0 Å². The molecular formula is C23H28N6O3S. The first kappa shape index (κ1) is 21.8. The molecule has 2 saturated heterocycles. The van der Waals surface area contributed by atoms with E-state index in [1.165, 1.54) is 11.8 Å². The predicted octanol–water partition coefficient (Wildman–Crippen LogP) is 3.29. The van der Waals surface area contributed by atoms with Gasteiger partial charge >= 0.3 is 6.09 Å². The number of hydrogen-bond acceptors (Lipinski definition) is 8. The van der Waals surface area contributed by atoms with Gasteiger partial charge in [0.1, 0.15) is 16.4 Å². The first-order valence-corrected chi connectivity index (χ1v) is 11.9. The smallest absolute Gasteiger partial charge is 0.410 e. The molecule has 1 spiro atoms. The van der Waals surface area contributed by atoms with Crippen LogP contribution in [0.1, 0.15) is 39.2 Å². The average molecular weight is 469 g/mol. The van der Waals surface area contributed by atoms with E-state index >= 15 is 0 Å². The number of nitrogens with two attached hydrogens (primary N) is 1. The van der Waals surface area contributed by atoms with E-state index in [-0.39, 0.29) is 17.5 Å². The summed E-state index contributed by atoms with van der Waals surface area (Å²) in [6, 6.07) is 5.77. The van der Waals surface area contributed by atoms with Crippen molar-refractivity contribution in [3.8, 4) is 0 Å². The molecule has 10 heteroatoms. The van der Waals surface area contributed by atoms with Gasteiger partial charge in [0.25, 0.3) is 0 Å². The molecule has 3 aliphatic heterocycles. The molecule has 1 aromatic heterocycles. The summed E-state index contributed by atoms with van der Waals surface area (Å²) in [6.07, 6.45) is 3.61. The van der Waals surface area contributed by atoms with Crippen LogP contribution in [-0.2, 0) is 16.0 Å². The van der Waals surface area contributed by atoms with E-state index < -0.39 is 5.60 Å². The maximum Gasteiger partial charge on any atom is 0.410 e. The number of anilines is 3. The molecule has 9 nitrogen and oxygen atoms in total. The number of rotatable bonds is 3. The molecule has 2 aromatic rings. The lowest BCUT2D eigenvalue weighted by Gasteiger charge is -2.33. The molecule has 0 aliphatic carbocycles. The van der Waals surface area contributed by atoms with Crippen LogP contribution in [0.5, 0.6) is 0 Å². The monoisotopic (exact) mass is 468 g/mol. The van der Waals surface area contributed by atoms with Crippen LogP contribution in [0.15, 0.2) is 34.3 Å². The van der Waals surface area contributed by atoms with Crippen molar-refractivity contribution in [2.45, 2.75) is 61.1 Å². The van der Waals surface area contributed by atoms with Crippen LogP contribution in [-0.4, -0.2) is 57.6 Å². The Morgan fingerprint density at radius 3 is 2.73 bits per heavy atom. The van der Waals surface area contributed by atoms with Gasteiger partial charge in [-0.3, -0.25) is 9.69 Å². The molecule has 3 N–H and O–H groups in total. The van der Waals surface area contributed by atoms with Gasteiger partial charge in [-0.2, -0.15) is 0 Å². The van der Waals surface area contributed by atoms with E-state index in [0.29, 0.717) is 17.3 Å². The molecule has 0 bridgehead atoms. The van der Waals surface area contributed by atoms with Gasteiger partial charge in [-0.25, -0.2) is 14.8 Å². The number of aromatic nitrogens is 2. The van der Waals surface area contributed by atoms with Gasteiger partial charge in [-0.05, 0) is 51.3 Å². The van der Waals surface area contributed by atoms with Gasteiger partial charge in [-0.15, -0.1) is 0 Å². The minimum Gasteiger partial charge on any atom is -0.444 e. The van der Waals surface area contributed by atoms with E-state index in [1.807, 2.05) is 43.9 Å². The zero-order valence-electron chi connectivity index (χ0n) is 19.1. The van der Waals surface area contributed by atoms with E-state index in [2.05, 4.69) is 20.2 Å². The molecule has 2 fully saturated rings. The number of fused-ring (bicyclic) bond motifs is 1. The Morgan fingerprint density at radius 2 is 2.03 bits per heavy atom. The number of carbonyl (C=O) groups excluding carboxylic acids is 2. The molecule has 1 aromatic carbocycles. The Balaban J connectivity index is 1.22. The molecule has 0 saturated carbocycles. The quantitative estimate of drug-likeness (QED) is 0.660. The summed E-state index contributed by atoms with van der Waals surface area (Å²) in [5.41, 5.74) is 7.50. The lowest BCUT2D eigenvalue weighted by atomic mass is 9.96. The summed E-state index contributed by atoms with van der Waals surface area (Å²) < 4.78 is 5.52. The highest BCUT2D eigenvalue weighted by atomic mass is 32.2. The molecule has 33 heavy (non-hydrogen) atoms. The van der Waals surface area contributed by atoms with Crippen LogP contribution >= 0.6 is 11.8 Å². The minimum absolute atomic E-state index is 0.00350. The first-order valence-electron chi connectivity index (χ1n) is 11.1. The van der Waals surface area contributed by atoms with Crippen molar-refractivity contribution in [1.29, 1.82) is 0 Å². The van der Waals surface area contributed by atoms with Crippen molar-refractivity contribution >= 4 is 41.1 Å². The zero-order chi connectivity index (χ0) is 23.4. The molecule has 3 aliphatic rings. The van der Waals surface area contributed by atoms with Gasteiger partial charge in [0.2, 0.25) is 5.91 Å². The molecule has 5 rings (SSSR count). The van der Waals surface area contributed by atoms with Gasteiger partial charge in [0, 0.05) is 30.2 Å². The van der Waals surface area contributed by atoms with Crippen molar-refractivity contribution < 1.29 is 14.3 Å². The number of amides is 2. The number of hydrogen-bond donors (Lipinski definition) is 2. The number of nitrogen functional groups attached to an aromatic ring is 1. The number of ether oxygens (including phenoxy) is 1. The van der Waals surface area contributed by atoms with Crippen molar-refractivity contribution in [3.63, 3.8) is 0 Å².